The zero-order valence-electron chi connectivity index (χ0n) is 13.6. The van der Waals surface area contributed by atoms with Gasteiger partial charge in [0.05, 0.1) is 0 Å². The van der Waals surface area contributed by atoms with Gasteiger partial charge in [-0.05, 0) is 42.7 Å². The van der Waals surface area contributed by atoms with Crippen LogP contribution >= 0.6 is 12.4 Å². The smallest absolute Gasteiger partial charge is 0.253 e. The molecule has 2 N–H and O–H groups in total. The molecule has 128 valence electrons. The molecule has 1 saturated heterocycles. The third-order valence-electron chi connectivity index (χ3n) is 4.09. The zero-order chi connectivity index (χ0) is 16.1. The minimum absolute atomic E-state index is 0. The number of carbonyl (C=O) groups is 1. The van der Waals surface area contributed by atoms with Crippen LogP contribution in [0.3, 0.4) is 0 Å². The van der Waals surface area contributed by atoms with Crippen LogP contribution in [0.2, 0.25) is 0 Å². The molecule has 0 aliphatic carbocycles. The monoisotopic (exact) mass is 346 g/mol. The Morgan fingerprint density at radius 2 is 1.83 bits per heavy atom. The number of rotatable bonds is 4. The van der Waals surface area contributed by atoms with Crippen LogP contribution in [0.15, 0.2) is 54.6 Å². The quantitative estimate of drug-likeness (QED) is 0.924. The Morgan fingerprint density at radius 3 is 2.50 bits per heavy atom. The van der Waals surface area contributed by atoms with Crippen molar-refractivity contribution >= 4 is 18.3 Å². The number of nitrogens with two attached hydrogens (primary N) is 1. The number of amides is 1. The van der Waals surface area contributed by atoms with E-state index < -0.39 is 0 Å². The van der Waals surface area contributed by atoms with Crippen LogP contribution in [-0.4, -0.2) is 29.9 Å². The minimum atomic E-state index is 0. The van der Waals surface area contributed by atoms with Crippen molar-refractivity contribution in [1.29, 1.82) is 0 Å². The van der Waals surface area contributed by atoms with Gasteiger partial charge < -0.3 is 15.4 Å². The molecule has 3 rings (SSSR count). The molecular formula is C19H23ClN2O2. The fourth-order valence-corrected chi connectivity index (χ4v) is 2.81. The summed E-state index contributed by atoms with van der Waals surface area (Å²) >= 11 is 0. The highest BCUT2D eigenvalue weighted by molar-refractivity contribution is 5.94. The molecular weight excluding hydrogens is 324 g/mol. The van der Waals surface area contributed by atoms with Crippen molar-refractivity contribution in [1.82, 2.24) is 4.90 Å². The molecule has 2 aromatic carbocycles. The third-order valence-corrected chi connectivity index (χ3v) is 4.09. The first-order valence-corrected chi connectivity index (χ1v) is 8.04. The predicted molar refractivity (Wildman–Crippen MR) is 97.6 cm³/mol. The van der Waals surface area contributed by atoms with Crippen molar-refractivity contribution in [2.24, 2.45) is 5.73 Å². The molecule has 1 aliphatic heterocycles. The average Bonchev–Trinajstić information content (AvgIpc) is 2.61. The molecule has 0 spiro atoms. The van der Waals surface area contributed by atoms with Gasteiger partial charge in [-0.1, -0.05) is 30.3 Å². The van der Waals surface area contributed by atoms with Crippen LogP contribution in [0.1, 0.15) is 28.8 Å². The molecule has 2 aromatic rings. The molecule has 1 atom stereocenters. The van der Waals surface area contributed by atoms with Gasteiger partial charge in [0, 0.05) is 24.7 Å². The maximum Gasteiger partial charge on any atom is 0.253 e. The summed E-state index contributed by atoms with van der Waals surface area (Å²) in [5.74, 6) is 0.815. The van der Waals surface area contributed by atoms with Gasteiger partial charge in [0.1, 0.15) is 12.4 Å². The number of nitrogens with zero attached hydrogens (tertiary/aromatic N) is 1. The Morgan fingerprint density at radius 1 is 1.12 bits per heavy atom. The van der Waals surface area contributed by atoms with Crippen LogP contribution in [0, 0.1) is 0 Å². The number of ether oxygens (including phenoxy) is 1. The number of hydrogen-bond acceptors (Lipinski definition) is 3. The second kappa shape index (κ2) is 8.71. The SMILES string of the molecule is Cl.N[C@@H]1CCCN(C(=O)c2ccc(OCc3ccccc3)cc2)C1. The fourth-order valence-electron chi connectivity index (χ4n) is 2.81. The summed E-state index contributed by atoms with van der Waals surface area (Å²) in [5.41, 5.74) is 7.75. The second-order valence-corrected chi connectivity index (χ2v) is 5.95. The van der Waals surface area contributed by atoms with Gasteiger partial charge in [-0.15, -0.1) is 12.4 Å². The molecule has 1 amide bonds. The predicted octanol–water partition coefficient (Wildman–Crippen LogP) is 3.25. The lowest BCUT2D eigenvalue weighted by molar-refractivity contribution is 0.0709. The highest BCUT2D eigenvalue weighted by Crippen LogP contribution is 2.17. The van der Waals surface area contributed by atoms with Crippen LogP contribution in [-0.2, 0) is 6.61 Å². The molecule has 1 fully saturated rings. The molecule has 1 heterocycles. The van der Waals surface area contributed by atoms with E-state index in [-0.39, 0.29) is 24.4 Å². The lowest BCUT2D eigenvalue weighted by Crippen LogP contribution is -2.45. The molecule has 0 aromatic heterocycles. The summed E-state index contributed by atoms with van der Waals surface area (Å²) in [6.45, 7) is 1.96. The lowest BCUT2D eigenvalue weighted by Gasteiger charge is -2.30. The molecule has 0 saturated carbocycles. The van der Waals surface area contributed by atoms with Crippen molar-refractivity contribution < 1.29 is 9.53 Å². The van der Waals surface area contributed by atoms with E-state index in [1.807, 2.05) is 59.5 Å². The first-order chi connectivity index (χ1) is 11.2. The first kappa shape index (κ1) is 18.3. The van der Waals surface area contributed by atoms with E-state index in [0.717, 1.165) is 30.7 Å². The molecule has 24 heavy (non-hydrogen) atoms. The highest BCUT2D eigenvalue weighted by atomic mass is 35.5. The van der Waals surface area contributed by atoms with Crippen molar-refractivity contribution in [2.45, 2.75) is 25.5 Å². The van der Waals surface area contributed by atoms with E-state index in [4.69, 9.17) is 10.5 Å². The van der Waals surface area contributed by atoms with Crippen LogP contribution < -0.4 is 10.5 Å². The Bertz CT molecular complexity index is 646. The number of piperidine rings is 1. The second-order valence-electron chi connectivity index (χ2n) is 5.95. The topological polar surface area (TPSA) is 55.6 Å². The van der Waals surface area contributed by atoms with Gasteiger partial charge in [0.15, 0.2) is 0 Å². The van der Waals surface area contributed by atoms with Gasteiger partial charge >= 0.3 is 0 Å². The Hall–Kier alpha value is -2.04. The van der Waals surface area contributed by atoms with E-state index in [0.29, 0.717) is 18.7 Å². The number of halogens is 1. The first-order valence-electron chi connectivity index (χ1n) is 8.04. The van der Waals surface area contributed by atoms with Crippen molar-refractivity contribution in [3.63, 3.8) is 0 Å². The molecule has 5 heteroatoms. The normalized spacial score (nSPS) is 17.0. The number of likely N-dealkylation sites (tertiary alicyclic amines) is 1. The summed E-state index contributed by atoms with van der Waals surface area (Å²) in [7, 11) is 0. The van der Waals surface area contributed by atoms with Crippen molar-refractivity contribution in [2.75, 3.05) is 13.1 Å². The summed E-state index contributed by atoms with van der Waals surface area (Å²) < 4.78 is 5.74. The van der Waals surface area contributed by atoms with E-state index in [9.17, 15) is 4.79 Å². The number of hydrogen-bond donors (Lipinski definition) is 1. The van der Waals surface area contributed by atoms with E-state index in [1.165, 1.54) is 0 Å². The number of carbonyl (C=O) groups excluding carboxylic acids is 1. The van der Waals surface area contributed by atoms with Crippen LogP contribution in [0.4, 0.5) is 0 Å². The summed E-state index contributed by atoms with van der Waals surface area (Å²) in [5, 5.41) is 0. The van der Waals surface area contributed by atoms with Gasteiger partial charge in [0.2, 0.25) is 0 Å². The Balaban J connectivity index is 0.00000208. The van der Waals surface area contributed by atoms with Crippen molar-refractivity contribution in [3.05, 3.63) is 65.7 Å². The molecule has 0 unspecified atom stereocenters. The van der Waals surface area contributed by atoms with Gasteiger partial charge in [-0.3, -0.25) is 4.79 Å². The largest absolute Gasteiger partial charge is 0.489 e. The van der Waals surface area contributed by atoms with Gasteiger partial charge in [-0.25, -0.2) is 0 Å². The molecule has 1 aliphatic rings. The zero-order valence-corrected chi connectivity index (χ0v) is 14.4. The highest BCUT2D eigenvalue weighted by Gasteiger charge is 2.22. The molecule has 0 bridgehead atoms. The van der Waals surface area contributed by atoms with Gasteiger partial charge in [0.25, 0.3) is 5.91 Å². The molecule has 0 radical (unpaired) electrons. The Labute approximate surface area is 149 Å². The van der Waals surface area contributed by atoms with Crippen LogP contribution in [0.5, 0.6) is 5.75 Å². The average molecular weight is 347 g/mol. The summed E-state index contributed by atoms with van der Waals surface area (Å²) in [6, 6.07) is 17.5. The maximum absolute atomic E-state index is 12.5. The minimum Gasteiger partial charge on any atom is -0.489 e. The third kappa shape index (κ3) is 4.73. The summed E-state index contributed by atoms with van der Waals surface area (Å²) in [6.07, 6.45) is 1.97. The van der Waals surface area contributed by atoms with E-state index in [1.54, 1.807) is 0 Å². The summed E-state index contributed by atoms with van der Waals surface area (Å²) in [4.78, 5) is 14.3. The van der Waals surface area contributed by atoms with Crippen LogP contribution in [0.25, 0.3) is 0 Å². The van der Waals surface area contributed by atoms with Gasteiger partial charge in [-0.2, -0.15) is 0 Å². The Kier molecular flexibility index (Phi) is 6.64. The van der Waals surface area contributed by atoms with E-state index in [2.05, 4.69) is 0 Å². The standard InChI is InChI=1S/C19H22N2O2.ClH/c20-17-7-4-12-21(13-17)19(22)16-8-10-18(11-9-16)23-14-15-5-2-1-3-6-15;/h1-3,5-6,8-11,17H,4,7,12-14,20H2;1H/t17-;/m1./s1. The van der Waals surface area contributed by atoms with E-state index >= 15 is 0 Å². The van der Waals surface area contributed by atoms with Crippen molar-refractivity contribution in [3.8, 4) is 5.75 Å². The lowest BCUT2D eigenvalue weighted by atomic mass is 10.1. The fraction of sp³-hybridized carbons (Fsp3) is 0.316. The maximum atomic E-state index is 12.5. The number of benzene rings is 2. The molecule has 4 nitrogen and oxygen atoms in total.